The number of nitrogens with two attached hydrogens (primary N) is 1. The molecular weight excluding hydrogens is 214 g/mol. The molecule has 1 fully saturated rings. The van der Waals surface area contributed by atoms with E-state index in [9.17, 15) is 5.11 Å². The molecule has 0 aromatic rings. The molecule has 0 radical (unpaired) electrons. The Balaban J connectivity index is 2.42. The lowest BCUT2D eigenvalue weighted by molar-refractivity contribution is -0.0237. The molecule has 1 rings (SSSR count). The third-order valence-electron chi connectivity index (χ3n) is 4.38. The zero-order valence-corrected chi connectivity index (χ0v) is 11.7. The zero-order valence-electron chi connectivity index (χ0n) is 11.7. The Hall–Kier alpha value is -0.120. The van der Waals surface area contributed by atoms with Gasteiger partial charge in [0.15, 0.2) is 0 Å². The Labute approximate surface area is 106 Å². The molecule has 0 aromatic heterocycles. The summed E-state index contributed by atoms with van der Waals surface area (Å²) >= 11 is 0. The van der Waals surface area contributed by atoms with Gasteiger partial charge in [0, 0.05) is 25.2 Å². The maximum Gasteiger partial charge on any atom is 0.0660 e. The van der Waals surface area contributed by atoms with Crippen molar-refractivity contribution >= 4 is 0 Å². The van der Waals surface area contributed by atoms with Crippen LogP contribution in [-0.2, 0) is 4.74 Å². The van der Waals surface area contributed by atoms with Gasteiger partial charge in [-0.3, -0.25) is 0 Å². The molecule has 0 aromatic carbocycles. The van der Waals surface area contributed by atoms with Gasteiger partial charge < -0.3 is 15.6 Å². The molecule has 2 unspecified atom stereocenters. The summed E-state index contributed by atoms with van der Waals surface area (Å²) in [5.41, 5.74) is 5.79. The minimum absolute atomic E-state index is 0.00277. The SMILES string of the molecule is CCCCOCCC1(CN)CCC(C)(C)C1O. The van der Waals surface area contributed by atoms with Gasteiger partial charge >= 0.3 is 0 Å². The van der Waals surface area contributed by atoms with E-state index in [4.69, 9.17) is 10.5 Å². The summed E-state index contributed by atoms with van der Waals surface area (Å²) in [6, 6.07) is 0. The number of unbranched alkanes of at least 4 members (excludes halogenated alkanes) is 1. The Morgan fingerprint density at radius 3 is 2.47 bits per heavy atom. The van der Waals surface area contributed by atoms with Crippen molar-refractivity contribution in [1.82, 2.24) is 0 Å². The molecule has 0 saturated heterocycles. The van der Waals surface area contributed by atoms with Crippen molar-refractivity contribution in [3.8, 4) is 0 Å². The van der Waals surface area contributed by atoms with Crippen LogP contribution in [0.2, 0.25) is 0 Å². The summed E-state index contributed by atoms with van der Waals surface area (Å²) in [4.78, 5) is 0. The van der Waals surface area contributed by atoms with Crippen molar-refractivity contribution in [2.24, 2.45) is 16.6 Å². The van der Waals surface area contributed by atoms with Crippen molar-refractivity contribution in [1.29, 1.82) is 0 Å². The van der Waals surface area contributed by atoms with Gasteiger partial charge in [0.05, 0.1) is 6.10 Å². The van der Waals surface area contributed by atoms with E-state index in [-0.39, 0.29) is 16.9 Å². The monoisotopic (exact) mass is 243 g/mol. The molecule has 3 nitrogen and oxygen atoms in total. The van der Waals surface area contributed by atoms with E-state index in [0.29, 0.717) is 6.54 Å². The van der Waals surface area contributed by atoms with Gasteiger partial charge in [-0.05, 0) is 31.1 Å². The summed E-state index contributed by atoms with van der Waals surface area (Å²) in [6.45, 7) is 8.55. The van der Waals surface area contributed by atoms with E-state index in [0.717, 1.165) is 45.3 Å². The quantitative estimate of drug-likeness (QED) is 0.675. The van der Waals surface area contributed by atoms with Crippen LogP contribution in [0.25, 0.3) is 0 Å². The summed E-state index contributed by atoms with van der Waals surface area (Å²) in [5.74, 6) is 0. The van der Waals surface area contributed by atoms with Gasteiger partial charge in [-0.15, -0.1) is 0 Å². The van der Waals surface area contributed by atoms with Crippen molar-refractivity contribution in [2.75, 3.05) is 19.8 Å². The van der Waals surface area contributed by atoms with Crippen LogP contribution in [-0.4, -0.2) is 31.0 Å². The molecule has 2 atom stereocenters. The molecule has 3 heteroatoms. The molecule has 102 valence electrons. The second-order valence-corrected chi connectivity index (χ2v) is 6.17. The van der Waals surface area contributed by atoms with E-state index in [1.165, 1.54) is 0 Å². The average molecular weight is 243 g/mol. The van der Waals surface area contributed by atoms with Gasteiger partial charge in [-0.1, -0.05) is 27.2 Å². The highest BCUT2D eigenvalue weighted by Crippen LogP contribution is 2.50. The maximum absolute atomic E-state index is 10.4. The number of rotatable bonds is 7. The molecule has 0 heterocycles. The van der Waals surface area contributed by atoms with E-state index < -0.39 is 0 Å². The lowest BCUT2D eigenvalue weighted by atomic mass is 9.76. The predicted molar refractivity (Wildman–Crippen MR) is 70.9 cm³/mol. The Kier molecular flexibility index (Phi) is 5.42. The van der Waals surface area contributed by atoms with Crippen molar-refractivity contribution in [2.45, 2.75) is 59.0 Å². The molecule has 0 aliphatic heterocycles. The standard InChI is InChI=1S/C14H29NO2/c1-4-5-9-17-10-8-14(11-15)7-6-13(2,3)12(14)16/h12,16H,4-11,15H2,1-3H3. The minimum Gasteiger partial charge on any atom is -0.392 e. The molecular formula is C14H29NO2. The lowest BCUT2D eigenvalue weighted by Crippen LogP contribution is -2.43. The van der Waals surface area contributed by atoms with Gasteiger partial charge in [-0.25, -0.2) is 0 Å². The first-order chi connectivity index (χ1) is 7.98. The van der Waals surface area contributed by atoms with Crippen LogP contribution < -0.4 is 5.73 Å². The van der Waals surface area contributed by atoms with E-state index >= 15 is 0 Å². The molecule has 1 saturated carbocycles. The first kappa shape index (κ1) is 14.9. The molecule has 0 spiro atoms. The van der Waals surface area contributed by atoms with Crippen LogP contribution in [0, 0.1) is 10.8 Å². The number of hydrogen-bond acceptors (Lipinski definition) is 3. The second-order valence-electron chi connectivity index (χ2n) is 6.17. The van der Waals surface area contributed by atoms with Crippen molar-refractivity contribution in [3.05, 3.63) is 0 Å². The third-order valence-corrected chi connectivity index (χ3v) is 4.38. The van der Waals surface area contributed by atoms with Gasteiger partial charge in [0.25, 0.3) is 0 Å². The first-order valence-electron chi connectivity index (χ1n) is 6.94. The van der Waals surface area contributed by atoms with Crippen molar-refractivity contribution in [3.63, 3.8) is 0 Å². The highest BCUT2D eigenvalue weighted by atomic mass is 16.5. The number of ether oxygens (including phenoxy) is 1. The highest BCUT2D eigenvalue weighted by Gasteiger charge is 2.50. The summed E-state index contributed by atoms with van der Waals surface area (Å²) in [7, 11) is 0. The molecule has 0 amide bonds. The average Bonchev–Trinajstić information content (AvgIpc) is 2.53. The van der Waals surface area contributed by atoms with Crippen LogP contribution in [0.3, 0.4) is 0 Å². The number of aliphatic hydroxyl groups is 1. The second kappa shape index (κ2) is 6.17. The Morgan fingerprint density at radius 1 is 1.29 bits per heavy atom. The zero-order chi connectivity index (χ0) is 12.9. The van der Waals surface area contributed by atoms with E-state index in [2.05, 4.69) is 20.8 Å². The molecule has 0 bridgehead atoms. The van der Waals surface area contributed by atoms with Crippen molar-refractivity contribution < 1.29 is 9.84 Å². The van der Waals surface area contributed by atoms with E-state index in [1.807, 2.05) is 0 Å². The largest absolute Gasteiger partial charge is 0.392 e. The fraction of sp³-hybridized carbons (Fsp3) is 1.00. The third kappa shape index (κ3) is 3.43. The predicted octanol–water partition coefficient (Wildman–Crippen LogP) is 2.32. The summed E-state index contributed by atoms with van der Waals surface area (Å²) in [5, 5.41) is 10.4. The Morgan fingerprint density at radius 2 is 2.00 bits per heavy atom. The summed E-state index contributed by atoms with van der Waals surface area (Å²) < 4.78 is 5.61. The van der Waals surface area contributed by atoms with Crippen LogP contribution >= 0.6 is 0 Å². The van der Waals surface area contributed by atoms with Crippen LogP contribution in [0.4, 0.5) is 0 Å². The van der Waals surface area contributed by atoms with Gasteiger partial charge in [0.1, 0.15) is 0 Å². The molecule has 3 N–H and O–H groups in total. The first-order valence-corrected chi connectivity index (χ1v) is 6.94. The van der Waals surface area contributed by atoms with Gasteiger partial charge in [-0.2, -0.15) is 0 Å². The Bertz CT molecular complexity index is 230. The van der Waals surface area contributed by atoms with Crippen LogP contribution in [0.5, 0.6) is 0 Å². The fourth-order valence-corrected chi connectivity index (χ4v) is 2.87. The molecule has 17 heavy (non-hydrogen) atoms. The summed E-state index contributed by atoms with van der Waals surface area (Å²) in [6.07, 6.45) is 4.95. The molecule has 1 aliphatic carbocycles. The number of hydrogen-bond donors (Lipinski definition) is 2. The van der Waals surface area contributed by atoms with Crippen LogP contribution in [0.1, 0.15) is 52.9 Å². The lowest BCUT2D eigenvalue weighted by Gasteiger charge is -2.35. The van der Waals surface area contributed by atoms with E-state index in [1.54, 1.807) is 0 Å². The smallest absolute Gasteiger partial charge is 0.0660 e. The number of aliphatic hydroxyl groups excluding tert-OH is 1. The fourth-order valence-electron chi connectivity index (χ4n) is 2.87. The maximum atomic E-state index is 10.4. The highest BCUT2D eigenvalue weighted by molar-refractivity contribution is 5.01. The van der Waals surface area contributed by atoms with Gasteiger partial charge in [0.2, 0.25) is 0 Å². The normalized spacial score (nSPS) is 31.9. The van der Waals surface area contributed by atoms with Crippen LogP contribution in [0.15, 0.2) is 0 Å². The topological polar surface area (TPSA) is 55.5 Å². The minimum atomic E-state index is -0.297. The molecule has 1 aliphatic rings.